The summed E-state index contributed by atoms with van der Waals surface area (Å²) < 4.78 is 4.83. The van der Waals surface area contributed by atoms with Gasteiger partial charge < -0.3 is 4.57 Å². The van der Waals surface area contributed by atoms with E-state index in [1.165, 1.54) is 36.6 Å². The van der Waals surface area contributed by atoms with Crippen LogP contribution < -0.4 is 0 Å². The summed E-state index contributed by atoms with van der Waals surface area (Å²) in [6, 6.07) is 81.1. The van der Waals surface area contributed by atoms with Crippen LogP contribution in [0.5, 0.6) is 0 Å². The first kappa shape index (κ1) is 39.5. The fourth-order valence-corrected chi connectivity index (χ4v) is 11.0. The molecular formula is C62H39N5S. The lowest BCUT2D eigenvalue weighted by Crippen LogP contribution is -2.02. The van der Waals surface area contributed by atoms with E-state index in [9.17, 15) is 0 Å². The summed E-state index contributed by atoms with van der Waals surface area (Å²) in [6.07, 6.45) is 2.03. The number of pyridine rings is 1. The summed E-state index contributed by atoms with van der Waals surface area (Å²) in [5.74, 6) is 1.74. The van der Waals surface area contributed by atoms with Gasteiger partial charge in [-0.25, -0.2) is 15.0 Å². The van der Waals surface area contributed by atoms with Gasteiger partial charge >= 0.3 is 0 Å². The Morgan fingerprint density at radius 1 is 0.353 bits per heavy atom. The number of benzene rings is 9. The van der Waals surface area contributed by atoms with Gasteiger partial charge in [-0.2, -0.15) is 0 Å². The predicted octanol–water partition coefficient (Wildman–Crippen LogP) is 16.4. The Labute approximate surface area is 397 Å². The molecule has 0 aliphatic rings. The fourth-order valence-electron chi connectivity index (χ4n) is 9.76. The van der Waals surface area contributed by atoms with Crippen molar-refractivity contribution < 1.29 is 0 Å². The first-order valence-electron chi connectivity index (χ1n) is 22.8. The normalized spacial score (nSPS) is 11.5. The molecule has 0 fully saturated rings. The molecule has 0 spiro atoms. The van der Waals surface area contributed by atoms with Crippen LogP contribution in [0.25, 0.3) is 126 Å². The summed E-state index contributed by atoms with van der Waals surface area (Å²) in [4.78, 5) is 21.3. The average molecular weight is 886 g/mol. The van der Waals surface area contributed by atoms with Crippen LogP contribution in [-0.4, -0.2) is 24.5 Å². The summed E-state index contributed by atoms with van der Waals surface area (Å²) in [5, 5.41) is 4.79. The monoisotopic (exact) mass is 885 g/mol. The number of nitrogens with zero attached hydrogens (tertiary/aromatic N) is 5. The Bertz CT molecular complexity index is 3940. The third-order valence-corrected chi connectivity index (χ3v) is 14.1. The van der Waals surface area contributed by atoms with Crippen molar-refractivity contribution >= 4 is 53.3 Å². The molecule has 4 heterocycles. The van der Waals surface area contributed by atoms with Gasteiger partial charge in [0.25, 0.3) is 0 Å². The van der Waals surface area contributed by atoms with E-state index in [4.69, 9.17) is 19.9 Å². The summed E-state index contributed by atoms with van der Waals surface area (Å²) in [6.45, 7) is 0. The molecule has 6 heteroatoms. The van der Waals surface area contributed by atoms with E-state index in [2.05, 4.69) is 199 Å². The van der Waals surface area contributed by atoms with Crippen LogP contribution in [0.1, 0.15) is 0 Å². The Balaban J connectivity index is 1.11. The topological polar surface area (TPSA) is 56.5 Å². The Kier molecular flexibility index (Phi) is 9.62. The van der Waals surface area contributed by atoms with Gasteiger partial charge in [0.15, 0.2) is 17.5 Å². The van der Waals surface area contributed by atoms with Gasteiger partial charge in [-0.15, -0.1) is 11.3 Å². The van der Waals surface area contributed by atoms with Crippen molar-refractivity contribution in [3.63, 3.8) is 0 Å². The zero-order valence-electron chi connectivity index (χ0n) is 36.7. The van der Waals surface area contributed by atoms with E-state index >= 15 is 0 Å². The minimum Gasteiger partial charge on any atom is -0.308 e. The number of hydrogen-bond donors (Lipinski definition) is 0. The van der Waals surface area contributed by atoms with Gasteiger partial charge in [-0.1, -0.05) is 194 Å². The molecule has 9 aromatic carbocycles. The van der Waals surface area contributed by atoms with Crippen LogP contribution in [0.3, 0.4) is 0 Å². The molecule has 0 N–H and O–H groups in total. The Morgan fingerprint density at radius 3 is 1.62 bits per heavy atom. The molecule has 318 valence electrons. The molecular weight excluding hydrogens is 847 g/mol. The van der Waals surface area contributed by atoms with Crippen LogP contribution >= 0.6 is 11.3 Å². The maximum absolute atomic E-state index is 5.54. The third kappa shape index (κ3) is 6.77. The highest BCUT2D eigenvalue weighted by molar-refractivity contribution is 7.26. The number of hydrogen-bond acceptors (Lipinski definition) is 5. The van der Waals surface area contributed by atoms with Crippen molar-refractivity contribution in [2.75, 3.05) is 0 Å². The number of thiophene rings is 1. The number of fused-ring (bicyclic) bond motifs is 7. The van der Waals surface area contributed by atoms with Crippen molar-refractivity contribution in [3.8, 4) is 84.5 Å². The summed E-state index contributed by atoms with van der Waals surface area (Å²) >= 11 is 1.83. The molecule has 0 aliphatic heterocycles. The van der Waals surface area contributed by atoms with Crippen molar-refractivity contribution in [2.24, 2.45) is 0 Å². The van der Waals surface area contributed by atoms with Crippen molar-refractivity contribution in [2.45, 2.75) is 0 Å². The molecule has 0 aliphatic carbocycles. The highest BCUT2D eigenvalue weighted by Gasteiger charge is 2.24. The Morgan fingerprint density at radius 2 is 0.926 bits per heavy atom. The Hall–Kier alpha value is -8.84. The molecule has 0 unspecified atom stereocenters. The van der Waals surface area contributed by atoms with E-state index in [0.717, 1.165) is 72.4 Å². The second kappa shape index (κ2) is 16.5. The molecule has 0 saturated carbocycles. The lowest BCUT2D eigenvalue weighted by atomic mass is 9.90. The molecule has 0 radical (unpaired) electrons. The first-order chi connectivity index (χ1) is 33.7. The molecule has 0 saturated heterocycles. The second-order valence-electron chi connectivity index (χ2n) is 17.0. The van der Waals surface area contributed by atoms with E-state index in [1.807, 2.05) is 53.9 Å². The number of aromatic nitrogens is 5. The first-order valence-corrected chi connectivity index (χ1v) is 23.6. The number of rotatable bonds is 8. The van der Waals surface area contributed by atoms with Crippen LogP contribution in [0.4, 0.5) is 0 Å². The molecule has 0 amide bonds. The molecule has 68 heavy (non-hydrogen) atoms. The zero-order chi connectivity index (χ0) is 45.0. The fraction of sp³-hybridized carbons (Fsp3) is 0. The number of para-hydroxylation sites is 2. The highest BCUT2D eigenvalue weighted by Crippen LogP contribution is 2.47. The quantitative estimate of drug-likeness (QED) is 0.153. The van der Waals surface area contributed by atoms with Crippen molar-refractivity contribution in [1.82, 2.24) is 24.5 Å². The van der Waals surface area contributed by atoms with Crippen LogP contribution in [-0.2, 0) is 0 Å². The van der Waals surface area contributed by atoms with Crippen LogP contribution in [0, 0.1) is 0 Å². The van der Waals surface area contributed by atoms with Gasteiger partial charge in [0, 0.05) is 65.9 Å². The summed E-state index contributed by atoms with van der Waals surface area (Å²) in [5.41, 5.74) is 14.5. The standard InChI is InChI=1S/C62H39N5S/c1-6-19-40(20-7-1)44-33-34-47(41-21-8-2-9-22-41)52(37-44)45-38-53(62-65-60(42-23-10-3-11-24-42)64-61(66-62)43-25-12-4-13-26-43)57(63-39-45)50-30-18-32-55-56(50)51-36-35-49-48-29-16-17-31-54(48)67(58(49)59(51)68-55)46-27-14-5-15-28-46/h1-39H. The van der Waals surface area contributed by atoms with Gasteiger partial charge in [-0.3, -0.25) is 4.98 Å². The lowest BCUT2D eigenvalue weighted by molar-refractivity contribution is 1.07. The van der Waals surface area contributed by atoms with Gasteiger partial charge in [-0.05, 0) is 64.2 Å². The molecule has 13 rings (SSSR count). The summed E-state index contributed by atoms with van der Waals surface area (Å²) in [7, 11) is 0. The SMILES string of the molecule is c1ccc(-c2ccc(-c3ccccc3)c(-c3cnc(-c4cccc5sc6c(ccc7c8ccccc8n(-c8ccccc8)c76)c45)c(-c4nc(-c5ccccc5)nc(-c5ccccc5)n4)c3)c2)cc1. The minimum atomic E-state index is 0.547. The zero-order valence-corrected chi connectivity index (χ0v) is 37.5. The average Bonchev–Trinajstić information content (AvgIpc) is 3.98. The smallest absolute Gasteiger partial charge is 0.166 e. The molecule has 5 nitrogen and oxygen atoms in total. The van der Waals surface area contributed by atoms with Gasteiger partial charge in [0.05, 0.1) is 21.4 Å². The largest absolute Gasteiger partial charge is 0.308 e. The lowest BCUT2D eigenvalue weighted by Gasteiger charge is -2.17. The van der Waals surface area contributed by atoms with E-state index in [0.29, 0.717) is 17.5 Å². The van der Waals surface area contributed by atoms with Crippen LogP contribution in [0.15, 0.2) is 237 Å². The van der Waals surface area contributed by atoms with E-state index in [1.54, 1.807) is 0 Å². The van der Waals surface area contributed by atoms with Crippen molar-refractivity contribution in [1.29, 1.82) is 0 Å². The second-order valence-corrected chi connectivity index (χ2v) is 18.0. The van der Waals surface area contributed by atoms with Gasteiger partial charge in [0.2, 0.25) is 0 Å². The molecule has 0 bridgehead atoms. The predicted molar refractivity (Wildman–Crippen MR) is 283 cm³/mol. The molecule has 4 aromatic heterocycles. The molecule has 13 aromatic rings. The maximum Gasteiger partial charge on any atom is 0.166 e. The van der Waals surface area contributed by atoms with Crippen molar-refractivity contribution in [3.05, 3.63) is 237 Å². The molecule has 0 atom stereocenters. The minimum absolute atomic E-state index is 0.547. The van der Waals surface area contributed by atoms with E-state index < -0.39 is 0 Å². The van der Waals surface area contributed by atoms with Crippen LogP contribution in [0.2, 0.25) is 0 Å². The highest BCUT2D eigenvalue weighted by atomic mass is 32.1. The van der Waals surface area contributed by atoms with E-state index in [-0.39, 0.29) is 0 Å². The third-order valence-electron chi connectivity index (χ3n) is 12.9. The van der Waals surface area contributed by atoms with Gasteiger partial charge in [0.1, 0.15) is 0 Å². The maximum atomic E-state index is 5.54.